The molecule has 1 heterocycles. The third-order valence-corrected chi connectivity index (χ3v) is 4.88. The molecule has 1 aliphatic rings. The lowest BCUT2D eigenvalue weighted by molar-refractivity contribution is 0.0652. The molecule has 0 aromatic heterocycles. The largest absolute Gasteiger partial charge is 0.381 e. The lowest BCUT2D eigenvalue weighted by Crippen LogP contribution is -2.34. The highest BCUT2D eigenvalue weighted by Crippen LogP contribution is 2.28. The van der Waals surface area contributed by atoms with E-state index in [-0.39, 0.29) is 5.83 Å². The van der Waals surface area contributed by atoms with E-state index in [9.17, 15) is 4.39 Å². The fourth-order valence-electron chi connectivity index (χ4n) is 2.68. The second-order valence-electron chi connectivity index (χ2n) is 5.54. The van der Waals surface area contributed by atoms with Gasteiger partial charge in [0.05, 0.1) is 11.8 Å². The summed E-state index contributed by atoms with van der Waals surface area (Å²) < 4.78 is 20.3. The number of rotatable bonds is 7. The van der Waals surface area contributed by atoms with Crippen molar-refractivity contribution in [3.63, 3.8) is 0 Å². The molecule has 0 N–H and O–H groups in total. The third-order valence-electron chi connectivity index (χ3n) is 4.20. The van der Waals surface area contributed by atoms with Crippen LogP contribution in [0.25, 0.3) is 0 Å². The second kappa shape index (κ2) is 9.42. The van der Waals surface area contributed by atoms with Crippen molar-refractivity contribution in [2.45, 2.75) is 45.6 Å². The molecule has 1 atom stereocenters. The first kappa shape index (κ1) is 18.4. The van der Waals surface area contributed by atoms with Crippen molar-refractivity contribution in [3.05, 3.63) is 34.7 Å². The minimum Gasteiger partial charge on any atom is -0.381 e. The lowest BCUT2D eigenvalue weighted by atomic mass is 9.90. The van der Waals surface area contributed by atoms with E-state index in [2.05, 4.69) is 29.4 Å². The molecule has 0 aliphatic carbocycles. The first-order valence-electron chi connectivity index (χ1n) is 7.67. The molecule has 2 nitrogen and oxygen atoms in total. The average Bonchev–Trinajstić information content (AvgIpc) is 2.52. The monoisotopic (exact) mass is 359 g/mol. The minimum absolute atomic E-state index is 0.262. The Labute approximate surface area is 136 Å². The Morgan fingerprint density at radius 2 is 2.10 bits per heavy atom. The van der Waals surface area contributed by atoms with Gasteiger partial charge >= 0.3 is 0 Å². The highest BCUT2D eigenvalue weighted by atomic mass is 79.9. The van der Waals surface area contributed by atoms with Crippen molar-refractivity contribution < 1.29 is 9.13 Å². The summed E-state index contributed by atoms with van der Waals surface area (Å²) >= 11 is 3.29. The van der Waals surface area contributed by atoms with Gasteiger partial charge in [-0.3, -0.25) is 0 Å². The molecule has 0 spiro atoms. The van der Waals surface area contributed by atoms with Gasteiger partial charge in [0.15, 0.2) is 0 Å². The van der Waals surface area contributed by atoms with Crippen LogP contribution in [0.1, 0.15) is 39.5 Å². The van der Waals surface area contributed by atoms with Crippen LogP contribution in [-0.4, -0.2) is 31.2 Å². The zero-order valence-electron chi connectivity index (χ0n) is 13.4. The lowest BCUT2D eigenvalue weighted by Gasteiger charge is -2.35. The molecule has 21 heavy (non-hydrogen) atoms. The van der Waals surface area contributed by atoms with E-state index in [0.29, 0.717) is 17.7 Å². The summed E-state index contributed by atoms with van der Waals surface area (Å²) in [5.74, 6) is 0.412. The molecule has 0 aromatic rings. The van der Waals surface area contributed by atoms with Crippen LogP contribution >= 0.6 is 15.9 Å². The van der Waals surface area contributed by atoms with Crippen LogP contribution in [0.15, 0.2) is 34.7 Å². The van der Waals surface area contributed by atoms with Crippen molar-refractivity contribution >= 4 is 15.9 Å². The maximum absolute atomic E-state index is 14.1. The number of ether oxygens (including phenoxy) is 1. The van der Waals surface area contributed by atoms with Crippen molar-refractivity contribution in [2.75, 3.05) is 20.2 Å². The molecule has 4 heteroatoms. The van der Waals surface area contributed by atoms with Crippen LogP contribution in [-0.2, 0) is 4.74 Å². The van der Waals surface area contributed by atoms with E-state index < -0.39 is 0 Å². The molecule has 0 radical (unpaired) electrons. The van der Waals surface area contributed by atoms with Gasteiger partial charge in [0.25, 0.3) is 0 Å². The quantitative estimate of drug-likeness (QED) is 0.580. The Bertz CT molecular complexity index is 394. The highest BCUT2D eigenvalue weighted by molar-refractivity contribution is 9.11. The summed E-state index contributed by atoms with van der Waals surface area (Å²) in [6.07, 6.45) is 7.97. The first-order chi connectivity index (χ1) is 10.0. The van der Waals surface area contributed by atoms with Crippen LogP contribution in [0.2, 0.25) is 0 Å². The van der Waals surface area contributed by atoms with Crippen molar-refractivity contribution in [2.24, 2.45) is 5.92 Å². The third kappa shape index (κ3) is 5.95. The van der Waals surface area contributed by atoms with E-state index in [4.69, 9.17) is 4.74 Å². The predicted octanol–water partition coefficient (Wildman–Crippen LogP) is 5.18. The van der Waals surface area contributed by atoms with Crippen molar-refractivity contribution in [3.8, 4) is 0 Å². The number of halogens is 2. The Balaban J connectivity index is 2.49. The van der Waals surface area contributed by atoms with E-state index in [1.807, 2.05) is 17.9 Å². The van der Waals surface area contributed by atoms with Gasteiger partial charge in [0, 0.05) is 24.7 Å². The average molecular weight is 360 g/mol. The van der Waals surface area contributed by atoms with Crippen LogP contribution < -0.4 is 0 Å². The molecule has 0 bridgehead atoms. The number of piperidine rings is 1. The van der Waals surface area contributed by atoms with E-state index >= 15 is 0 Å². The molecule has 1 saturated heterocycles. The molecule has 120 valence electrons. The van der Waals surface area contributed by atoms with Gasteiger partial charge in [-0.25, -0.2) is 4.39 Å². The number of allylic oxidation sites excluding steroid dienone is 4. The number of methoxy groups -OCH3 is 1. The summed E-state index contributed by atoms with van der Waals surface area (Å²) in [5, 5.41) is 0. The molecule has 1 aliphatic heterocycles. The van der Waals surface area contributed by atoms with Crippen molar-refractivity contribution in [1.82, 2.24) is 4.90 Å². The Morgan fingerprint density at radius 3 is 2.57 bits per heavy atom. The van der Waals surface area contributed by atoms with Crippen LogP contribution in [0.3, 0.4) is 0 Å². The van der Waals surface area contributed by atoms with E-state index in [0.717, 1.165) is 43.3 Å². The molecule has 0 saturated carbocycles. The maximum Gasteiger partial charge on any atom is 0.146 e. The topological polar surface area (TPSA) is 12.5 Å². The van der Waals surface area contributed by atoms with Gasteiger partial charge in [-0.15, -0.1) is 0 Å². The summed E-state index contributed by atoms with van der Waals surface area (Å²) in [5.41, 5.74) is 0.492. The van der Waals surface area contributed by atoms with Crippen molar-refractivity contribution in [1.29, 1.82) is 0 Å². The molecular weight excluding hydrogens is 333 g/mol. The van der Waals surface area contributed by atoms with Gasteiger partial charge in [-0.05, 0) is 44.6 Å². The standard InChI is InChI=1S/C17H27BrFNO/c1-5-15(18)12-17(19)13(3)20-9-7-14(8-10-20)11-16(6-2)21-4/h5,12,14,16H,3,6-11H2,1-2,4H3/b15-5+,17-12+. The zero-order chi connectivity index (χ0) is 15.8. The number of hydrogen-bond donors (Lipinski definition) is 0. The van der Waals surface area contributed by atoms with Crippen LogP contribution in [0.4, 0.5) is 4.39 Å². The van der Waals surface area contributed by atoms with Crippen LogP contribution in [0.5, 0.6) is 0 Å². The first-order valence-corrected chi connectivity index (χ1v) is 8.47. The maximum atomic E-state index is 14.1. The number of nitrogens with zero attached hydrogens (tertiary/aromatic N) is 1. The smallest absolute Gasteiger partial charge is 0.146 e. The molecule has 1 rings (SSSR count). The van der Waals surface area contributed by atoms with Gasteiger partial charge in [-0.2, -0.15) is 0 Å². The SMILES string of the molecule is C=C(/C(F)=C\C(Br)=C/C)N1CCC(CC(CC)OC)CC1. The Hall–Kier alpha value is -0.610. The van der Waals surface area contributed by atoms with Gasteiger partial charge in [-0.1, -0.05) is 35.5 Å². The second-order valence-corrected chi connectivity index (χ2v) is 6.46. The van der Waals surface area contributed by atoms with E-state index in [1.54, 1.807) is 7.11 Å². The summed E-state index contributed by atoms with van der Waals surface area (Å²) in [7, 11) is 1.78. The Kier molecular flexibility index (Phi) is 8.27. The predicted molar refractivity (Wildman–Crippen MR) is 91.0 cm³/mol. The summed E-state index contributed by atoms with van der Waals surface area (Å²) in [6.45, 7) is 9.66. The highest BCUT2D eigenvalue weighted by Gasteiger charge is 2.23. The molecule has 1 fully saturated rings. The summed E-state index contributed by atoms with van der Waals surface area (Å²) in [4.78, 5) is 2.05. The normalized spacial score (nSPS) is 19.8. The fraction of sp³-hybridized carbons (Fsp3) is 0.647. The Morgan fingerprint density at radius 1 is 1.48 bits per heavy atom. The zero-order valence-corrected chi connectivity index (χ0v) is 15.0. The summed E-state index contributed by atoms with van der Waals surface area (Å²) in [6, 6.07) is 0. The number of likely N-dealkylation sites (tertiary alicyclic amines) is 1. The van der Waals surface area contributed by atoms with Gasteiger partial charge in [0.2, 0.25) is 0 Å². The molecule has 1 unspecified atom stereocenters. The van der Waals surface area contributed by atoms with E-state index in [1.165, 1.54) is 6.08 Å². The van der Waals surface area contributed by atoms with Crippen LogP contribution in [0, 0.1) is 5.92 Å². The molecular formula is C17H27BrFNO. The fourth-order valence-corrected chi connectivity index (χ4v) is 2.88. The minimum atomic E-state index is -0.262. The number of hydrogen-bond acceptors (Lipinski definition) is 2. The van der Waals surface area contributed by atoms with Gasteiger partial charge < -0.3 is 9.64 Å². The van der Waals surface area contributed by atoms with Gasteiger partial charge in [0.1, 0.15) is 5.83 Å². The molecule has 0 aromatic carbocycles. The molecule has 0 amide bonds.